The second-order valence-corrected chi connectivity index (χ2v) is 2.29. The Balaban J connectivity index is 0. The van der Waals surface area contributed by atoms with Crippen LogP contribution in [0.15, 0.2) is 0 Å². The second-order valence-electron chi connectivity index (χ2n) is 0.767. The van der Waals surface area contributed by atoms with Crippen LogP contribution in [-0.2, 0) is 0 Å². The lowest BCUT2D eigenvalue weighted by atomic mass is 11.0. The zero-order valence-electron chi connectivity index (χ0n) is 4.59. The molecule has 0 unspecified atom stereocenters. The monoisotopic (exact) mass is 201 g/mol. The highest BCUT2D eigenvalue weighted by atomic mass is 127. The normalized spacial score (nSPS) is 6.00. The van der Waals surface area contributed by atoms with Crippen molar-refractivity contribution < 1.29 is 0 Å². The van der Waals surface area contributed by atoms with Gasteiger partial charge in [-0.3, -0.25) is 0 Å². The van der Waals surface area contributed by atoms with Crippen LogP contribution >= 0.6 is 22.6 Å². The van der Waals surface area contributed by atoms with Crippen LogP contribution in [0.5, 0.6) is 0 Å². The molecule has 0 spiro atoms. The molecule has 0 saturated heterocycles. The summed E-state index contributed by atoms with van der Waals surface area (Å²) < 4.78 is 1.22. The molecule has 6 heavy (non-hydrogen) atoms. The van der Waals surface area contributed by atoms with E-state index < -0.39 is 0 Å². The molecule has 0 aromatic heterocycles. The zero-order chi connectivity index (χ0) is 5.41. The molecule has 0 atom stereocenters. The Morgan fingerprint density at radius 2 is 1.50 bits per heavy atom. The van der Waals surface area contributed by atoms with Gasteiger partial charge in [0.05, 0.1) is 0 Å². The van der Waals surface area contributed by atoms with Crippen LogP contribution in [0, 0.1) is 0 Å². The molecule has 0 aromatic rings. The van der Waals surface area contributed by atoms with Gasteiger partial charge in [0, 0.05) is 0 Å². The smallest absolute Gasteiger partial charge is 0.00332 e. The molecule has 0 heterocycles. The summed E-state index contributed by atoms with van der Waals surface area (Å²) >= 11 is 2.29. The number of halogens is 1. The number of hydrogen-bond donors (Lipinski definition) is 1. The van der Waals surface area contributed by atoms with Gasteiger partial charge in [-0.1, -0.05) is 29.5 Å². The van der Waals surface area contributed by atoms with Crippen molar-refractivity contribution in [1.29, 1.82) is 0 Å². The molecule has 0 aliphatic heterocycles. The lowest BCUT2D eigenvalue weighted by Crippen LogP contribution is -1.89. The summed E-state index contributed by atoms with van der Waals surface area (Å²) in [5.74, 6) is 0. The molecule has 0 amide bonds. The summed E-state index contributed by atoms with van der Waals surface area (Å²) in [4.78, 5) is 0. The molecule has 1 N–H and O–H groups in total. The van der Waals surface area contributed by atoms with Gasteiger partial charge in [0.2, 0.25) is 0 Å². The first-order valence-electron chi connectivity index (χ1n) is 1.97. The molecule has 0 saturated carbocycles. The van der Waals surface area contributed by atoms with Gasteiger partial charge in [-0.25, -0.2) is 0 Å². The van der Waals surface area contributed by atoms with Crippen molar-refractivity contribution in [3.63, 3.8) is 0 Å². The molecule has 0 aromatic carbocycles. The second kappa shape index (κ2) is 17.3. The number of alkyl halides is 1. The van der Waals surface area contributed by atoms with E-state index >= 15 is 0 Å². The van der Waals surface area contributed by atoms with Gasteiger partial charge in [-0.2, -0.15) is 0 Å². The van der Waals surface area contributed by atoms with Crippen LogP contribution in [0.2, 0.25) is 0 Å². The SMILES string of the molecule is CCI.CNC. The fourth-order valence-electron chi connectivity index (χ4n) is 0. The minimum Gasteiger partial charge on any atom is -0.323 e. The lowest BCUT2D eigenvalue weighted by Gasteiger charge is -1.59. The van der Waals surface area contributed by atoms with Crippen molar-refractivity contribution >= 4 is 22.6 Å². The van der Waals surface area contributed by atoms with E-state index in [0.29, 0.717) is 0 Å². The van der Waals surface area contributed by atoms with Crippen LogP contribution in [0.3, 0.4) is 0 Å². The minimum atomic E-state index is 1.22. The maximum atomic E-state index is 2.75. The molecule has 2 heteroatoms. The van der Waals surface area contributed by atoms with Crippen molar-refractivity contribution in [3.05, 3.63) is 0 Å². The van der Waals surface area contributed by atoms with Crippen LogP contribution in [0.4, 0.5) is 0 Å². The Kier molecular flexibility index (Phi) is 28.4. The Hall–Kier alpha value is 0.690. The van der Waals surface area contributed by atoms with Crippen molar-refractivity contribution in [1.82, 2.24) is 5.32 Å². The van der Waals surface area contributed by atoms with Gasteiger partial charge >= 0.3 is 0 Å². The largest absolute Gasteiger partial charge is 0.323 e. The quantitative estimate of drug-likeness (QED) is 0.459. The van der Waals surface area contributed by atoms with Gasteiger partial charge in [-0.15, -0.1) is 0 Å². The highest BCUT2D eigenvalue weighted by Crippen LogP contribution is 1.69. The van der Waals surface area contributed by atoms with Crippen LogP contribution in [0.1, 0.15) is 6.92 Å². The summed E-state index contributed by atoms with van der Waals surface area (Å²) in [6, 6.07) is 0. The minimum absolute atomic E-state index is 1.22. The molecule has 0 rings (SSSR count). The van der Waals surface area contributed by atoms with E-state index in [4.69, 9.17) is 0 Å². The lowest BCUT2D eigenvalue weighted by molar-refractivity contribution is 1.02. The predicted octanol–water partition coefficient (Wildman–Crippen LogP) is 1.28. The van der Waals surface area contributed by atoms with E-state index in [-0.39, 0.29) is 0 Å². The van der Waals surface area contributed by atoms with Gasteiger partial charge in [0.1, 0.15) is 0 Å². The molecular weight excluding hydrogens is 189 g/mol. The van der Waals surface area contributed by atoms with E-state index in [0.717, 1.165) is 0 Å². The first kappa shape index (κ1) is 9.85. The van der Waals surface area contributed by atoms with E-state index in [1.54, 1.807) is 0 Å². The Morgan fingerprint density at radius 1 is 1.50 bits per heavy atom. The molecule has 0 radical (unpaired) electrons. The van der Waals surface area contributed by atoms with E-state index in [1.165, 1.54) is 4.43 Å². The number of nitrogens with one attached hydrogen (secondary N) is 1. The van der Waals surface area contributed by atoms with E-state index in [1.807, 2.05) is 14.1 Å². The van der Waals surface area contributed by atoms with Gasteiger partial charge < -0.3 is 5.32 Å². The Bertz CT molecular complexity index is 9.51. The molecule has 0 bridgehead atoms. The highest BCUT2D eigenvalue weighted by Gasteiger charge is 1.38. The summed E-state index contributed by atoms with van der Waals surface area (Å²) in [6.07, 6.45) is 0. The number of rotatable bonds is 0. The van der Waals surface area contributed by atoms with Crippen LogP contribution in [-0.4, -0.2) is 18.5 Å². The Labute approximate surface area is 53.7 Å². The summed E-state index contributed by atoms with van der Waals surface area (Å²) in [5.41, 5.74) is 0. The molecular formula is C4H12IN. The first-order valence-corrected chi connectivity index (χ1v) is 3.50. The van der Waals surface area contributed by atoms with Crippen molar-refractivity contribution in [2.75, 3.05) is 18.5 Å². The van der Waals surface area contributed by atoms with Crippen molar-refractivity contribution in [3.8, 4) is 0 Å². The number of hydrogen-bond acceptors (Lipinski definition) is 1. The maximum Gasteiger partial charge on any atom is -0.00332 e. The van der Waals surface area contributed by atoms with Gasteiger partial charge in [-0.05, 0) is 18.5 Å². The highest BCUT2D eigenvalue weighted by molar-refractivity contribution is 14.1. The Morgan fingerprint density at radius 3 is 1.50 bits per heavy atom. The van der Waals surface area contributed by atoms with E-state index in [9.17, 15) is 0 Å². The summed E-state index contributed by atoms with van der Waals surface area (Å²) in [6.45, 7) is 2.11. The van der Waals surface area contributed by atoms with E-state index in [2.05, 4.69) is 34.8 Å². The fraction of sp³-hybridized carbons (Fsp3) is 1.00. The summed E-state index contributed by atoms with van der Waals surface area (Å²) in [5, 5.41) is 2.75. The van der Waals surface area contributed by atoms with Crippen LogP contribution in [0.25, 0.3) is 0 Å². The maximum absolute atomic E-state index is 2.75. The predicted molar refractivity (Wildman–Crippen MR) is 39.5 cm³/mol. The topological polar surface area (TPSA) is 12.0 Å². The zero-order valence-corrected chi connectivity index (χ0v) is 6.74. The molecule has 1 nitrogen and oxygen atoms in total. The van der Waals surface area contributed by atoms with Crippen molar-refractivity contribution in [2.24, 2.45) is 0 Å². The molecule has 0 aliphatic carbocycles. The molecule has 40 valence electrons. The first-order chi connectivity index (χ1) is 2.83. The average Bonchev–Trinajstić information content (AvgIpc) is 1.39. The van der Waals surface area contributed by atoms with Gasteiger partial charge in [0.15, 0.2) is 0 Å². The third-order valence-electron chi connectivity index (χ3n) is 0. The standard InChI is InChI=1S/C2H5I.C2H7N/c1-2-3;1-3-2/h2H2,1H3;3H,1-2H3. The molecule has 0 aliphatic rings. The van der Waals surface area contributed by atoms with Crippen LogP contribution < -0.4 is 5.32 Å². The van der Waals surface area contributed by atoms with Gasteiger partial charge in [0.25, 0.3) is 0 Å². The third-order valence-corrected chi connectivity index (χ3v) is 0. The summed E-state index contributed by atoms with van der Waals surface area (Å²) in [7, 11) is 3.75. The van der Waals surface area contributed by atoms with Crippen molar-refractivity contribution in [2.45, 2.75) is 6.92 Å². The fourth-order valence-corrected chi connectivity index (χ4v) is 0. The molecule has 0 fully saturated rings. The third kappa shape index (κ3) is 134. The average molecular weight is 201 g/mol.